The first-order valence-electron chi connectivity index (χ1n) is 13.2. The topological polar surface area (TPSA) is 49.4 Å². The molecule has 0 amide bonds. The molecule has 0 N–H and O–H groups in total. The van der Waals surface area contributed by atoms with Crippen LogP contribution in [0.5, 0.6) is 0 Å². The quantitative estimate of drug-likeness (QED) is 0.385. The van der Waals surface area contributed by atoms with Crippen LogP contribution in [0.4, 0.5) is 0 Å². The van der Waals surface area contributed by atoms with Gasteiger partial charge < -0.3 is 23.7 Å². The molecular formula is C31H37NO5. The minimum Gasteiger partial charge on any atom is -0.379 e. The van der Waals surface area contributed by atoms with Gasteiger partial charge >= 0.3 is 0 Å². The third kappa shape index (κ3) is 7.48. The van der Waals surface area contributed by atoms with Crippen molar-refractivity contribution in [3.63, 3.8) is 0 Å². The van der Waals surface area contributed by atoms with Crippen molar-refractivity contribution in [1.82, 2.24) is 4.90 Å². The van der Waals surface area contributed by atoms with Crippen LogP contribution in [0, 0.1) is 0 Å². The minimum absolute atomic E-state index is 0.0822. The number of ether oxygens (including phenoxy) is 5. The summed E-state index contributed by atoms with van der Waals surface area (Å²) in [6.07, 6.45) is -0.673. The molecule has 2 saturated heterocycles. The SMILES string of the molecule is c1ccc(COC[C@H]2OC[C@@H](N3CCOCC3)[C@@H](OCc3ccccc3)[C@H]2OCc2ccccc2)cc1. The first-order chi connectivity index (χ1) is 18.4. The summed E-state index contributed by atoms with van der Waals surface area (Å²) in [6.45, 7) is 5.73. The molecule has 0 radical (unpaired) electrons. The van der Waals surface area contributed by atoms with Crippen LogP contribution in [0.3, 0.4) is 0 Å². The third-order valence-corrected chi connectivity index (χ3v) is 7.03. The van der Waals surface area contributed by atoms with E-state index in [4.69, 9.17) is 23.7 Å². The Hall–Kier alpha value is -2.58. The highest BCUT2D eigenvalue weighted by Gasteiger charge is 2.45. The van der Waals surface area contributed by atoms with Crippen molar-refractivity contribution >= 4 is 0 Å². The molecule has 3 aromatic rings. The summed E-state index contributed by atoms with van der Waals surface area (Å²) in [7, 11) is 0. The van der Waals surface area contributed by atoms with Crippen LogP contribution in [0.1, 0.15) is 16.7 Å². The van der Waals surface area contributed by atoms with Gasteiger partial charge in [-0.3, -0.25) is 4.90 Å². The lowest BCUT2D eigenvalue weighted by molar-refractivity contribution is -0.227. The van der Waals surface area contributed by atoms with Gasteiger partial charge in [-0.25, -0.2) is 0 Å². The zero-order valence-corrected chi connectivity index (χ0v) is 21.3. The van der Waals surface area contributed by atoms with Crippen LogP contribution in [-0.4, -0.2) is 68.8 Å². The van der Waals surface area contributed by atoms with E-state index in [0.29, 0.717) is 33.0 Å². The molecule has 0 aromatic heterocycles. The Bertz CT molecular complexity index is 1030. The van der Waals surface area contributed by atoms with E-state index in [1.807, 2.05) is 54.6 Å². The van der Waals surface area contributed by atoms with Crippen LogP contribution in [0.15, 0.2) is 91.0 Å². The Morgan fingerprint density at radius 3 is 1.73 bits per heavy atom. The van der Waals surface area contributed by atoms with Crippen LogP contribution < -0.4 is 0 Å². The molecule has 2 heterocycles. The van der Waals surface area contributed by atoms with E-state index in [1.165, 1.54) is 0 Å². The number of morpholine rings is 1. The van der Waals surface area contributed by atoms with Gasteiger partial charge in [0, 0.05) is 13.1 Å². The van der Waals surface area contributed by atoms with Gasteiger partial charge in [0.15, 0.2) is 0 Å². The number of hydrogen-bond acceptors (Lipinski definition) is 6. The average Bonchev–Trinajstić information content (AvgIpc) is 2.97. The predicted octanol–water partition coefficient (Wildman–Crippen LogP) is 4.47. The van der Waals surface area contributed by atoms with E-state index in [9.17, 15) is 0 Å². The van der Waals surface area contributed by atoms with Gasteiger partial charge in [-0.1, -0.05) is 91.0 Å². The summed E-state index contributed by atoms with van der Waals surface area (Å²) in [5.41, 5.74) is 3.42. The average molecular weight is 504 g/mol. The van der Waals surface area contributed by atoms with Gasteiger partial charge in [0.2, 0.25) is 0 Å². The van der Waals surface area contributed by atoms with Crippen molar-refractivity contribution in [3.05, 3.63) is 108 Å². The van der Waals surface area contributed by atoms with Crippen LogP contribution in [0.2, 0.25) is 0 Å². The first kappa shape index (κ1) is 26.0. The van der Waals surface area contributed by atoms with E-state index < -0.39 is 0 Å². The number of hydrogen-bond donors (Lipinski definition) is 0. The monoisotopic (exact) mass is 503 g/mol. The normalized spacial score (nSPS) is 24.6. The molecule has 2 aliphatic rings. The standard InChI is InChI=1S/C31H37NO5/c1-4-10-25(11-5-1)20-34-24-29-31(37-22-27-14-8-3-9-15-27)30(36-21-26-12-6-2-7-13-26)28(23-35-29)32-16-18-33-19-17-32/h1-15,28-31H,16-24H2/t28-,29-,30-,31+/m1/s1. The summed E-state index contributed by atoms with van der Waals surface area (Å²) in [6, 6.07) is 30.9. The van der Waals surface area contributed by atoms with E-state index in [-0.39, 0.29) is 24.4 Å². The lowest BCUT2D eigenvalue weighted by atomic mass is 9.95. The second-order valence-electron chi connectivity index (χ2n) is 9.61. The van der Waals surface area contributed by atoms with Gasteiger partial charge in [-0.05, 0) is 16.7 Å². The van der Waals surface area contributed by atoms with E-state index in [1.54, 1.807) is 0 Å². The lowest BCUT2D eigenvalue weighted by Gasteiger charge is -2.47. The number of nitrogens with zero attached hydrogens (tertiary/aromatic N) is 1. The molecule has 0 spiro atoms. The molecule has 0 aliphatic carbocycles. The van der Waals surface area contributed by atoms with Crippen molar-refractivity contribution < 1.29 is 23.7 Å². The molecule has 4 atom stereocenters. The van der Waals surface area contributed by atoms with Crippen molar-refractivity contribution in [2.24, 2.45) is 0 Å². The van der Waals surface area contributed by atoms with Crippen molar-refractivity contribution in [1.29, 1.82) is 0 Å². The predicted molar refractivity (Wildman–Crippen MR) is 142 cm³/mol. The highest BCUT2D eigenvalue weighted by atomic mass is 16.6. The van der Waals surface area contributed by atoms with Crippen LogP contribution in [-0.2, 0) is 43.5 Å². The molecule has 196 valence electrons. The maximum atomic E-state index is 6.69. The Labute approximate surface area is 220 Å². The van der Waals surface area contributed by atoms with E-state index >= 15 is 0 Å². The highest BCUT2D eigenvalue weighted by molar-refractivity contribution is 5.15. The molecule has 2 aliphatic heterocycles. The minimum atomic E-state index is -0.277. The maximum absolute atomic E-state index is 6.69. The van der Waals surface area contributed by atoms with Crippen molar-refractivity contribution in [3.8, 4) is 0 Å². The Morgan fingerprint density at radius 2 is 1.16 bits per heavy atom. The molecule has 0 unspecified atom stereocenters. The first-order valence-corrected chi connectivity index (χ1v) is 13.2. The van der Waals surface area contributed by atoms with Gasteiger partial charge in [-0.2, -0.15) is 0 Å². The maximum Gasteiger partial charge on any atom is 0.114 e. The fourth-order valence-corrected chi connectivity index (χ4v) is 5.02. The summed E-state index contributed by atoms with van der Waals surface area (Å²) in [5, 5.41) is 0. The number of rotatable bonds is 11. The fourth-order valence-electron chi connectivity index (χ4n) is 5.02. The molecule has 0 saturated carbocycles. The van der Waals surface area contributed by atoms with Gasteiger partial charge in [0.1, 0.15) is 18.3 Å². The summed E-state index contributed by atoms with van der Waals surface area (Å²) >= 11 is 0. The van der Waals surface area contributed by atoms with Crippen LogP contribution in [0.25, 0.3) is 0 Å². The molecular weight excluding hydrogens is 466 g/mol. The molecule has 3 aromatic carbocycles. The molecule has 6 heteroatoms. The zero-order chi connectivity index (χ0) is 25.1. The zero-order valence-electron chi connectivity index (χ0n) is 21.3. The Morgan fingerprint density at radius 1 is 0.649 bits per heavy atom. The van der Waals surface area contributed by atoms with E-state index in [2.05, 4.69) is 41.3 Å². The van der Waals surface area contributed by atoms with Crippen molar-refractivity contribution in [2.45, 2.75) is 44.2 Å². The van der Waals surface area contributed by atoms with Crippen LogP contribution >= 0.6 is 0 Å². The second kappa shape index (κ2) is 13.8. The molecule has 37 heavy (non-hydrogen) atoms. The molecule has 0 bridgehead atoms. The molecule has 2 fully saturated rings. The smallest absolute Gasteiger partial charge is 0.114 e. The number of benzene rings is 3. The second-order valence-corrected chi connectivity index (χ2v) is 9.61. The van der Waals surface area contributed by atoms with Gasteiger partial charge in [0.25, 0.3) is 0 Å². The fraction of sp³-hybridized carbons (Fsp3) is 0.419. The largest absolute Gasteiger partial charge is 0.379 e. The van der Waals surface area contributed by atoms with Gasteiger partial charge in [-0.15, -0.1) is 0 Å². The van der Waals surface area contributed by atoms with Gasteiger partial charge in [0.05, 0.1) is 52.3 Å². The Balaban J connectivity index is 1.33. The lowest BCUT2D eigenvalue weighted by Crippen LogP contribution is -2.63. The summed E-state index contributed by atoms with van der Waals surface area (Å²) in [4.78, 5) is 2.43. The van der Waals surface area contributed by atoms with Crippen molar-refractivity contribution in [2.75, 3.05) is 39.5 Å². The molecule has 6 nitrogen and oxygen atoms in total. The van der Waals surface area contributed by atoms with E-state index in [0.717, 1.165) is 43.0 Å². The third-order valence-electron chi connectivity index (χ3n) is 7.03. The Kier molecular flexibility index (Phi) is 9.73. The summed E-state index contributed by atoms with van der Waals surface area (Å²) < 4.78 is 31.5. The highest BCUT2D eigenvalue weighted by Crippen LogP contribution is 2.28. The summed E-state index contributed by atoms with van der Waals surface area (Å²) in [5.74, 6) is 0. The molecule has 5 rings (SSSR count).